The summed E-state index contributed by atoms with van der Waals surface area (Å²) in [6, 6.07) is 20.8. The Bertz CT molecular complexity index is 1810. The molecule has 7 nitrogen and oxygen atoms in total. The van der Waals surface area contributed by atoms with Gasteiger partial charge in [-0.25, -0.2) is 0 Å². The number of methoxy groups -OCH3 is 4. The van der Waals surface area contributed by atoms with Crippen molar-refractivity contribution in [3.63, 3.8) is 0 Å². The van der Waals surface area contributed by atoms with Crippen molar-refractivity contribution in [2.24, 2.45) is 9.98 Å². The first kappa shape index (κ1) is 30.3. The standard InChI is InChI=1S/C38H40N2O5/c1-23-15-27-11-13-39-31(29(27)16-24(23)2)17-25-7-9-33(35(19-25)41-3)45-34-10-8-26(20-36(34)42-4)18-32-30-22-38(44-6)37(43-5)21-28(30)12-14-40-32/h7-10,15-16,19-22H,11-14,17-18H2,1-6H3. The summed E-state index contributed by atoms with van der Waals surface area (Å²) in [5.74, 6) is 3.98. The summed E-state index contributed by atoms with van der Waals surface area (Å²) in [5, 5.41) is 0. The summed E-state index contributed by atoms with van der Waals surface area (Å²) in [6.07, 6.45) is 3.25. The lowest BCUT2D eigenvalue weighted by atomic mass is 9.90. The summed E-state index contributed by atoms with van der Waals surface area (Å²) in [4.78, 5) is 9.75. The first-order valence-corrected chi connectivity index (χ1v) is 15.3. The van der Waals surface area contributed by atoms with Crippen molar-refractivity contribution in [2.45, 2.75) is 39.5 Å². The van der Waals surface area contributed by atoms with Crippen LogP contribution in [0.1, 0.15) is 44.5 Å². The molecule has 0 unspecified atom stereocenters. The molecule has 4 aromatic carbocycles. The van der Waals surface area contributed by atoms with E-state index in [0.717, 1.165) is 66.2 Å². The summed E-state index contributed by atoms with van der Waals surface area (Å²) in [7, 11) is 6.64. The monoisotopic (exact) mass is 604 g/mol. The molecule has 0 amide bonds. The maximum Gasteiger partial charge on any atom is 0.169 e. The molecule has 0 N–H and O–H groups in total. The van der Waals surface area contributed by atoms with Crippen molar-refractivity contribution in [3.8, 4) is 34.5 Å². The third-order valence-corrected chi connectivity index (χ3v) is 8.74. The van der Waals surface area contributed by atoms with Crippen LogP contribution in [0.2, 0.25) is 0 Å². The highest BCUT2D eigenvalue weighted by Crippen LogP contribution is 2.39. The maximum absolute atomic E-state index is 6.37. The number of hydrogen-bond donors (Lipinski definition) is 0. The Morgan fingerprint density at radius 3 is 1.49 bits per heavy atom. The molecule has 0 radical (unpaired) electrons. The zero-order chi connectivity index (χ0) is 31.5. The Morgan fingerprint density at radius 1 is 0.511 bits per heavy atom. The SMILES string of the molecule is COc1cc2c(cc1OC)C(Cc1ccc(Oc3ccc(CC4=NCCc5cc(C)c(C)cc54)cc3OC)c(OC)c1)=NCC2. The molecule has 2 aliphatic heterocycles. The van der Waals surface area contributed by atoms with Gasteiger partial charge in [0.15, 0.2) is 34.5 Å². The van der Waals surface area contributed by atoms with E-state index >= 15 is 0 Å². The first-order valence-electron chi connectivity index (χ1n) is 15.3. The predicted molar refractivity (Wildman–Crippen MR) is 179 cm³/mol. The molecule has 2 aliphatic rings. The lowest BCUT2D eigenvalue weighted by Gasteiger charge is -2.20. The average molecular weight is 605 g/mol. The molecule has 0 aromatic heterocycles. The van der Waals surface area contributed by atoms with Gasteiger partial charge in [-0.05, 0) is 108 Å². The van der Waals surface area contributed by atoms with Gasteiger partial charge in [-0.3, -0.25) is 9.98 Å². The average Bonchev–Trinajstić information content (AvgIpc) is 3.06. The molecule has 0 atom stereocenters. The maximum atomic E-state index is 6.37. The largest absolute Gasteiger partial charge is 0.493 e. The van der Waals surface area contributed by atoms with Crippen LogP contribution < -0.4 is 23.7 Å². The lowest BCUT2D eigenvalue weighted by molar-refractivity contribution is 0.354. The second-order valence-corrected chi connectivity index (χ2v) is 11.5. The van der Waals surface area contributed by atoms with Gasteiger partial charge in [0.2, 0.25) is 0 Å². The fourth-order valence-corrected chi connectivity index (χ4v) is 6.16. The zero-order valence-corrected chi connectivity index (χ0v) is 27.0. The number of aliphatic imine (C=N–C) groups is 2. The highest BCUT2D eigenvalue weighted by atomic mass is 16.5. The van der Waals surface area contributed by atoms with Gasteiger partial charge in [0, 0.05) is 42.9 Å². The molecule has 0 bridgehead atoms. The summed E-state index contributed by atoms with van der Waals surface area (Å²) in [5.41, 5.74) is 11.9. The third kappa shape index (κ3) is 6.25. The van der Waals surface area contributed by atoms with Gasteiger partial charge in [-0.2, -0.15) is 0 Å². The Hall–Kier alpha value is -4.78. The molecule has 0 spiro atoms. The molecule has 0 aliphatic carbocycles. The van der Waals surface area contributed by atoms with Gasteiger partial charge in [-0.1, -0.05) is 18.2 Å². The van der Waals surface area contributed by atoms with Crippen LogP contribution in [0.5, 0.6) is 34.5 Å². The van der Waals surface area contributed by atoms with Crippen LogP contribution in [0, 0.1) is 13.8 Å². The molecule has 232 valence electrons. The predicted octanol–water partition coefficient (Wildman–Crippen LogP) is 7.31. The molecule has 0 fully saturated rings. The molecule has 4 aromatic rings. The quantitative estimate of drug-likeness (QED) is 0.190. The van der Waals surface area contributed by atoms with E-state index in [1.165, 1.54) is 27.8 Å². The fourth-order valence-electron chi connectivity index (χ4n) is 6.16. The fraction of sp³-hybridized carbons (Fsp3) is 0.316. The second kappa shape index (κ2) is 13.1. The summed E-state index contributed by atoms with van der Waals surface area (Å²) >= 11 is 0. The molecule has 7 heteroatoms. The third-order valence-electron chi connectivity index (χ3n) is 8.74. The van der Waals surface area contributed by atoms with E-state index in [-0.39, 0.29) is 0 Å². The Labute approximate surface area is 265 Å². The second-order valence-electron chi connectivity index (χ2n) is 11.5. The van der Waals surface area contributed by atoms with Crippen LogP contribution in [0.25, 0.3) is 0 Å². The highest BCUT2D eigenvalue weighted by Gasteiger charge is 2.21. The molecule has 0 saturated carbocycles. The van der Waals surface area contributed by atoms with Crippen molar-refractivity contribution >= 4 is 11.4 Å². The van der Waals surface area contributed by atoms with Gasteiger partial charge < -0.3 is 23.7 Å². The van der Waals surface area contributed by atoms with Gasteiger partial charge in [0.25, 0.3) is 0 Å². The van der Waals surface area contributed by atoms with Crippen molar-refractivity contribution in [1.29, 1.82) is 0 Å². The van der Waals surface area contributed by atoms with E-state index in [2.05, 4.69) is 44.2 Å². The van der Waals surface area contributed by atoms with E-state index in [0.29, 0.717) is 35.2 Å². The number of hydrogen-bond acceptors (Lipinski definition) is 7. The molecular weight excluding hydrogens is 564 g/mol. The van der Waals surface area contributed by atoms with Crippen LogP contribution in [-0.2, 0) is 25.7 Å². The van der Waals surface area contributed by atoms with Crippen LogP contribution >= 0.6 is 0 Å². The number of aryl methyl sites for hydroxylation is 2. The molecular formula is C38H40N2O5. The first-order chi connectivity index (χ1) is 21.9. The van der Waals surface area contributed by atoms with Crippen LogP contribution in [-0.4, -0.2) is 53.0 Å². The number of fused-ring (bicyclic) bond motifs is 2. The van der Waals surface area contributed by atoms with Gasteiger partial charge >= 0.3 is 0 Å². The van der Waals surface area contributed by atoms with Gasteiger partial charge in [0.1, 0.15) is 0 Å². The minimum Gasteiger partial charge on any atom is -0.493 e. The number of benzene rings is 4. The smallest absolute Gasteiger partial charge is 0.169 e. The van der Waals surface area contributed by atoms with Crippen molar-refractivity contribution in [3.05, 3.63) is 105 Å². The summed E-state index contributed by atoms with van der Waals surface area (Å²) in [6.45, 7) is 5.90. The molecule has 45 heavy (non-hydrogen) atoms. The van der Waals surface area contributed by atoms with E-state index in [1.807, 2.05) is 30.3 Å². The van der Waals surface area contributed by atoms with E-state index in [4.69, 9.17) is 33.7 Å². The zero-order valence-electron chi connectivity index (χ0n) is 27.0. The number of nitrogens with zero attached hydrogens (tertiary/aromatic N) is 2. The topological polar surface area (TPSA) is 70.9 Å². The summed E-state index contributed by atoms with van der Waals surface area (Å²) < 4.78 is 29.0. The molecule has 2 heterocycles. The van der Waals surface area contributed by atoms with Gasteiger partial charge in [-0.15, -0.1) is 0 Å². The normalized spacial score (nSPS) is 13.6. The minimum absolute atomic E-state index is 0.612. The van der Waals surface area contributed by atoms with E-state index in [1.54, 1.807) is 28.4 Å². The van der Waals surface area contributed by atoms with E-state index < -0.39 is 0 Å². The van der Waals surface area contributed by atoms with Crippen molar-refractivity contribution in [1.82, 2.24) is 0 Å². The van der Waals surface area contributed by atoms with Crippen LogP contribution in [0.3, 0.4) is 0 Å². The Morgan fingerprint density at radius 2 is 0.956 bits per heavy atom. The van der Waals surface area contributed by atoms with Crippen molar-refractivity contribution < 1.29 is 23.7 Å². The van der Waals surface area contributed by atoms with Crippen LogP contribution in [0.4, 0.5) is 0 Å². The minimum atomic E-state index is 0.612. The Balaban J connectivity index is 1.20. The van der Waals surface area contributed by atoms with Crippen LogP contribution in [0.15, 0.2) is 70.6 Å². The lowest BCUT2D eigenvalue weighted by Crippen LogP contribution is -2.16. The Kier molecular flexibility index (Phi) is 8.78. The highest BCUT2D eigenvalue weighted by molar-refractivity contribution is 6.05. The molecule has 0 saturated heterocycles. The van der Waals surface area contributed by atoms with Crippen molar-refractivity contribution in [2.75, 3.05) is 41.5 Å². The number of ether oxygens (including phenoxy) is 5. The molecule has 6 rings (SSSR count). The number of rotatable bonds is 10. The van der Waals surface area contributed by atoms with E-state index in [9.17, 15) is 0 Å². The van der Waals surface area contributed by atoms with Gasteiger partial charge in [0.05, 0.1) is 28.4 Å².